The van der Waals surface area contributed by atoms with E-state index in [0.29, 0.717) is 0 Å². The van der Waals surface area contributed by atoms with Crippen molar-refractivity contribution in [2.45, 2.75) is 57.9 Å². The number of ketones is 1. The number of amides is 1. The fourth-order valence-corrected chi connectivity index (χ4v) is 4.14. The van der Waals surface area contributed by atoms with Crippen LogP contribution in [0.25, 0.3) is 0 Å². The van der Waals surface area contributed by atoms with Gasteiger partial charge in [-0.05, 0) is 60.2 Å². The first-order valence-electron chi connectivity index (χ1n) is 9.15. The van der Waals surface area contributed by atoms with Gasteiger partial charge in [0, 0.05) is 12.8 Å². The van der Waals surface area contributed by atoms with Crippen molar-refractivity contribution in [1.82, 2.24) is 5.32 Å². The van der Waals surface area contributed by atoms with E-state index in [1.807, 2.05) is 17.5 Å². The summed E-state index contributed by atoms with van der Waals surface area (Å²) in [5.74, 6) is 0.00135. The molecule has 0 radical (unpaired) electrons. The lowest BCUT2D eigenvalue weighted by Gasteiger charge is -2.21. The van der Waals surface area contributed by atoms with Crippen molar-refractivity contribution in [2.24, 2.45) is 0 Å². The first-order valence-corrected chi connectivity index (χ1v) is 10.0. The molecule has 0 saturated heterocycles. The van der Waals surface area contributed by atoms with E-state index in [2.05, 4.69) is 30.4 Å². The Morgan fingerprint density at radius 1 is 1.12 bits per heavy atom. The molecule has 3 nitrogen and oxygen atoms in total. The Hall–Kier alpha value is -1.94. The third kappa shape index (κ3) is 4.57. The number of hydrogen-bond donors (Lipinski definition) is 1. The van der Waals surface area contributed by atoms with E-state index in [0.717, 1.165) is 17.7 Å². The summed E-state index contributed by atoms with van der Waals surface area (Å²) in [6.07, 6.45) is 6.21. The monoisotopic (exact) mass is 355 g/mol. The van der Waals surface area contributed by atoms with Crippen LogP contribution < -0.4 is 5.32 Å². The summed E-state index contributed by atoms with van der Waals surface area (Å²) in [5.41, 5.74) is 4.07. The maximum atomic E-state index is 12.3. The normalized spacial score (nSPS) is 14.6. The summed E-state index contributed by atoms with van der Waals surface area (Å²) in [6.45, 7) is 2.08. The molecule has 1 aromatic carbocycles. The van der Waals surface area contributed by atoms with Gasteiger partial charge in [-0.25, -0.2) is 0 Å². The summed E-state index contributed by atoms with van der Waals surface area (Å²) < 4.78 is 0. The smallest absolute Gasteiger partial charge is 0.220 e. The highest BCUT2D eigenvalue weighted by molar-refractivity contribution is 7.12. The van der Waals surface area contributed by atoms with Gasteiger partial charge in [-0.15, -0.1) is 11.3 Å². The van der Waals surface area contributed by atoms with Crippen molar-refractivity contribution in [3.63, 3.8) is 0 Å². The molecule has 1 amide bonds. The molecule has 0 bridgehead atoms. The molecule has 0 aliphatic heterocycles. The molecule has 1 aliphatic rings. The van der Waals surface area contributed by atoms with Gasteiger partial charge in [-0.3, -0.25) is 9.59 Å². The minimum Gasteiger partial charge on any atom is -0.349 e. The van der Waals surface area contributed by atoms with E-state index in [4.69, 9.17) is 0 Å². The van der Waals surface area contributed by atoms with Gasteiger partial charge in [0.2, 0.25) is 5.91 Å². The molecule has 0 fully saturated rings. The Bertz CT molecular complexity index is 736. The summed E-state index contributed by atoms with van der Waals surface area (Å²) in [5, 5.41) is 4.99. The van der Waals surface area contributed by atoms with E-state index in [-0.39, 0.29) is 30.6 Å². The van der Waals surface area contributed by atoms with Crippen LogP contribution in [0.15, 0.2) is 35.7 Å². The van der Waals surface area contributed by atoms with Crippen molar-refractivity contribution in [1.29, 1.82) is 0 Å². The molecule has 1 aromatic heterocycles. The third-order valence-electron chi connectivity index (χ3n) is 4.89. The van der Waals surface area contributed by atoms with Gasteiger partial charge in [0.05, 0.1) is 10.9 Å². The highest BCUT2D eigenvalue weighted by atomic mass is 32.1. The molecule has 1 unspecified atom stereocenters. The molecular formula is C21H25NO2S. The van der Waals surface area contributed by atoms with Gasteiger partial charge in [0.25, 0.3) is 0 Å². The zero-order valence-electron chi connectivity index (χ0n) is 14.7. The van der Waals surface area contributed by atoms with Crippen LogP contribution in [0.5, 0.6) is 0 Å². The van der Waals surface area contributed by atoms with E-state index in [1.54, 1.807) is 0 Å². The fraction of sp³-hybridized carbons (Fsp3) is 0.429. The largest absolute Gasteiger partial charge is 0.349 e. The number of benzene rings is 1. The first kappa shape index (κ1) is 17.9. The van der Waals surface area contributed by atoms with Gasteiger partial charge in [-0.2, -0.15) is 0 Å². The molecule has 1 atom stereocenters. The van der Waals surface area contributed by atoms with Crippen LogP contribution >= 0.6 is 11.3 Å². The SMILES string of the molecule is CCC(NC(=O)CCC(=O)c1cccs1)c1ccc2c(c1)CCCC2. The van der Waals surface area contributed by atoms with Crippen molar-refractivity contribution < 1.29 is 9.59 Å². The van der Waals surface area contributed by atoms with Crippen molar-refractivity contribution in [3.05, 3.63) is 57.3 Å². The third-order valence-corrected chi connectivity index (χ3v) is 5.80. The molecule has 25 heavy (non-hydrogen) atoms. The van der Waals surface area contributed by atoms with E-state index >= 15 is 0 Å². The Labute approximate surface area is 153 Å². The maximum Gasteiger partial charge on any atom is 0.220 e. The Morgan fingerprint density at radius 2 is 1.92 bits per heavy atom. The lowest BCUT2D eigenvalue weighted by Crippen LogP contribution is -2.28. The maximum absolute atomic E-state index is 12.3. The minimum atomic E-state index is -0.0468. The zero-order valence-corrected chi connectivity index (χ0v) is 15.5. The Kier molecular flexibility index (Phi) is 6.03. The molecule has 1 aliphatic carbocycles. The number of carbonyl (C=O) groups is 2. The van der Waals surface area contributed by atoms with Crippen molar-refractivity contribution >= 4 is 23.0 Å². The fourth-order valence-electron chi connectivity index (χ4n) is 3.45. The molecule has 3 rings (SSSR count). The molecule has 1 N–H and O–H groups in total. The van der Waals surface area contributed by atoms with Crippen LogP contribution in [0, 0.1) is 0 Å². The topological polar surface area (TPSA) is 46.2 Å². The summed E-state index contributed by atoms with van der Waals surface area (Å²) in [7, 11) is 0. The highest BCUT2D eigenvalue weighted by Gasteiger charge is 2.17. The zero-order chi connectivity index (χ0) is 17.6. The second-order valence-corrected chi connectivity index (χ2v) is 7.61. The molecule has 132 valence electrons. The molecule has 1 heterocycles. The van der Waals surface area contributed by atoms with Crippen LogP contribution in [0.3, 0.4) is 0 Å². The number of thiophene rings is 1. The minimum absolute atomic E-state index is 0.0246. The molecule has 4 heteroatoms. The number of fused-ring (bicyclic) bond motifs is 1. The first-order chi connectivity index (χ1) is 12.2. The predicted octanol–water partition coefficient (Wildman–Crippen LogP) is 4.86. The van der Waals surface area contributed by atoms with E-state index in [1.165, 1.54) is 47.3 Å². The van der Waals surface area contributed by atoms with Crippen LogP contribution in [-0.2, 0) is 17.6 Å². The Morgan fingerprint density at radius 3 is 2.64 bits per heavy atom. The average molecular weight is 356 g/mol. The highest BCUT2D eigenvalue weighted by Crippen LogP contribution is 2.26. The number of carbonyl (C=O) groups excluding carboxylic acids is 2. The van der Waals surface area contributed by atoms with Crippen molar-refractivity contribution in [3.8, 4) is 0 Å². The quantitative estimate of drug-likeness (QED) is 0.721. The second kappa shape index (κ2) is 8.43. The van der Waals surface area contributed by atoms with E-state index in [9.17, 15) is 9.59 Å². The summed E-state index contributed by atoms with van der Waals surface area (Å²) in [6, 6.07) is 10.3. The number of aryl methyl sites for hydroxylation is 2. The molecule has 0 saturated carbocycles. The van der Waals surface area contributed by atoms with Crippen LogP contribution in [-0.4, -0.2) is 11.7 Å². The van der Waals surface area contributed by atoms with Crippen molar-refractivity contribution in [2.75, 3.05) is 0 Å². The second-order valence-electron chi connectivity index (χ2n) is 6.66. The van der Waals surface area contributed by atoms with Crippen LogP contribution in [0.1, 0.15) is 71.4 Å². The van der Waals surface area contributed by atoms with Gasteiger partial charge >= 0.3 is 0 Å². The lowest BCUT2D eigenvalue weighted by molar-refractivity contribution is -0.121. The molecular weight excluding hydrogens is 330 g/mol. The van der Waals surface area contributed by atoms with Crippen LogP contribution in [0.2, 0.25) is 0 Å². The average Bonchev–Trinajstić information content (AvgIpc) is 3.18. The lowest BCUT2D eigenvalue weighted by atomic mass is 9.89. The molecule has 2 aromatic rings. The number of Topliss-reactive ketones (excluding diaryl/α,β-unsaturated/α-hetero) is 1. The number of rotatable bonds is 7. The summed E-state index contributed by atoms with van der Waals surface area (Å²) in [4.78, 5) is 25.0. The predicted molar refractivity (Wildman–Crippen MR) is 102 cm³/mol. The standard InChI is InChI=1S/C21H25NO2S/c1-2-18(17-10-9-15-6-3-4-7-16(15)14-17)22-21(24)12-11-19(23)20-8-5-13-25-20/h5,8-10,13-14,18H,2-4,6-7,11-12H2,1H3,(H,22,24). The van der Waals surface area contributed by atoms with Gasteiger partial charge < -0.3 is 5.32 Å². The van der Waals surface area contributed by atoms with Gasteiger partial charge in [0.1, 0.15) is 0 Å². The molecule has 0 spiro atoms. The van der Waals surface area contributed by atoms with E-state index < -0.39 is 0 Å². The number of nitrogens with one attached hydrogen (secondary N) is 1. The van der Waals surface area contributed by atoms with Gasteiger partial charge in [0.15, 0.2) is 5.78 Å². The van der Waals surface area contributed by atoms with Gasteiger partial charge in [-0.1, -0.05) is 31.2 Å². The number of hydrogen-bond acceptors (Lipinski definition) is 3. The van der Waals surface area contributed by atoms with Crippen LogP contribution in [0.4, 0.5) is 0 Å². The summed E-state index contributed by atoms with van der Waals surface area (Å²) >= 11 is 1.43. The Balaban J connectivity index is 1.58.